The van der Waals surface area contributed by atoms with Crippen molar-refractivity contribution in [1.82, 2.24) is 4.90 Å². The molecule has 2 amide bonds. The summed E-state index contributed by atoms with van der Waals surface area (Å²) < 4.78 is 14.3. The second kappa shape index (κ2) is 2.92. The predicted octanol–water partition coefficient (Wildman–Crippen LogP) is -0.392. The molecule has 5 nitrogen and oxygen atoms in total. The van der Waals surface area contributed by atoms with Crippen molar-refractivity contribution in [3.63, 3.8) is 0 Å². The zero-order chi connectivity index (χ0) is 10.9. The van der Waals surface area contributed by atoms with Gasteiger partial charge in [-0.05, 0) is 6.90 Å². The van der Waals surface area contributed by atoms with Gasteiger partial charge in [0.25, 0.3) is 0 Å². The molecule has 1 saturated heterocycles. The Balaban J connectivity index is 3.05. The van der Waals surface area contributed by atoms with Crippen molar-refractivity contribution in [1.29, 1.82) is 0 Å². The highest BCUT2D eigenvalue weighted by Gasteiger charge is 2.35. The zero-order valence-corrected chi connectivity index (χ0v) is 6.24. The second-order valence-corrected chi connectivity index (χ2v) is 2.37. The lowest BCUT2D eigenvalue weighted by atomic mass is 10.3. The number of aliphatic carboxylic acids is 1. The highest BCUT2D eigenvalue weighted by molar-refractivity contribution is 6.04. The van der Waals surface area contributed by atoms with Crippen molar-refractivity contribution in [2.24, 2.45) is 0 Å². The molecule has 1 N–H and O–H groups in total. The van der Waals surface area contributed by atoms with E-state index in [1.165, 1.54) is 0 Å². The zero-order valence-electron chi connectivity index (χ0n) is 8.24. The van der Waals surface area contributed by atoms with E-state index in [0.29, 0.717) is 4.90 Å². The smallest absolute Gasteiger partial charge is 0.326 e. The van der Waals surface area contributed by atoms with Gasteiger partial charge in [0.05, 0.1) is 1.37 Å². The van der Waals surface area contributed by atoms with Crippen LogP contribution in [0.1, 0.15) is 22.5 Å². The third kappa shape index (κ3) is 1.30. The molecule has 1 rings (SSSR count). The van der Waals surface area contributed by atoms with Gasteiger partial charge in [-0.3, -0.25) is 14.5 Å². The Morgan fingerprint density at radius 1 is 1.67 bits per heavy atom. The second-order valence-electron chi connectivity index (χ2n) is 2.37. The summed E-state index contributed by atoms with van der Waals surface area (Å²) in [7, 11) is 0. The van der Waals surface area contributed by atoms with E-state index in [9.17, 15) is 14.4 Å². The van der Waals surface area contributed by atoms with E-state index in [4.69, 9.17) is 7.85 Å². The van der Waals surface area contributed by atoms with Gasteiger partial charge in [-0.2, -0.15) is 0 Å². The van der Waals surface area contributed by atoms with Crippen molar-refractivity contribution >= 4 is 17.8 Å². The van der Waals surface area contributed by atoms with Gasteiger partial charge < -0.3 is 5.11 Å². The van der Waals surface area contributed by atoms with Crippen LogP contribution in [-0.4, -0.2) is 33.8 Å². The van der Waals surface area contributed by atoms with Crippen LogP contribution in [-0.2, 0) is 14.4 Å². The molecule has 0 saturated carbocycles. The molecular formula is C7H9NO4. The van der Waals surface area contributed by atoms with E-state index >= 15 is 0 Å². The Morgan fingerprint density at radius 3 is 2.50 bits per heavy atom. The maximum Gasteiger partial charge on any atom is 0.326 e. The van der Waals surface area contributed by atoms with Crippen LogP contribution in [0.15, 0.2) is 0 Å². The van der Waals surface area contributed by atoms with E-state index < -0.39 is 30.7 Å². The molecule has 0 aromatic carbocycles. The number of carboxylic acids is 1. The number of hydrogen-bond acceptors (Lipinski definition) is 3. The number of carbonyl (C=O) groups is 3. The Morgan fingerprint density at radius 2 is 2.17 bits per heavy atom. The fraction of sp³-hybridized carbons (Fsp3) is 0.571. The molecule has 1 unspecified atom stereocenters. The third-order valence-corrected chi connectivity index (χ3v) is 1.57. The van der Waals surface area contributed by atoms with Gasteiger partial charge in [0, 0.05) is 14.2 Å². The molecule has 5 heteroatoms. The van der Waals surface area contributed by atoms with Crippen LogP contribution in [0.5, 0.6) is 0 Å². The topological polar surface area (TPSA) is 74.7 Å². The largest absolute Gasteiger partial charge is 0.480 e. The van der Waals surface area contributed by atoms with E-state index in [2.05, 4.69) is 0 Å². The molecule has 0 aromatic rings. The van der Waals surface area contributed by atoms with Crippen molar-refractivity contribution in [2.75, 3.05) is 0 Å². The first-order valence-electron chi connectivity index (χ1n) is 4.52. The SMILES string of the molecule is [3H]CC([3H])(C(=O)O)N1C(=O)CCC1=O. The van der Waals surface area contributed by atoms with Crippen LogP contribution in [0.2, 0.25) is 0 Å². The molecule has 0 radical (unpaired) electrons. The first-order valence-corrected chi connectivity index (χ1v) is 3.32. The maximum absolute atomic E-state index is 11.1. The number of rotatable bonds is 2. The number of amides is 2. The van der Waals surface area contributed by atoms with Crippen LogP contribution < -0.4 is 0 Å². The minimum Gasteiger partial charge on any atom is -0.480 e. The number of imide groups is 1. The third-order valence-electron chi connectivity index (χ3n) is 1.57. The molecule has 1 aliphatic heterocycles. The highest BCUT2D eigenvalue weighted by Crippen LogP contribution is 2.14. The molecule has 0 aromatic heterocycles. The number of nitrogens with zero attached hydrogens (tertiary/aromatic N) is 1. The fourth-order valence-corrected chi connectivity index (χ4v) is 0.973. The number of hydrogen-bond donors (Lipinski definition) is 1. The molecule has 0 aliphatic carbocycles. The van der Waals surface area contributed by atoms with E-state index in [1.54, 1.807) is 0 Å². The molecule has 1 fully saturated rings. The standard InChI is InChI=1S/C7H9NO4/c1-4(7(11)12)8-5(9)2-3-6(8)10/h4H,2-3H2,1H3,(H,11,12)/i1T,4T. The van der Waals surface area contributed by atoms with Crippen LogP contribution in [0.25, 0.3) is 0 Å². The van der Waals surface area contributed by atoms with Gasteiger partial charge in [-0.15, -0.1) is 0 Å². The van der Waals surface area contributed by atoms with Crippen molar-refractivity contribution < 1.29 is 22.2 Å². The molecule has 1 aliphatic rings. The first-order chi connectivity index (χ1) is 6.43. The molecule has 0 spiro atoms. The molecule has 1 atom stereocenters. The lowest BCUT2D eigenvalue weighted by Crippen LogP contribution is -2.42. The Labute approximate surface area is 71.8 Å². The predicted molar refractivity (Wildman–Crippen MR) is 38.2 cm³/mol. The summed E-state index contributed by atoms with van der Waals surface area (Å²) in [6, 6.07) is -2.47. The Kier molecular flexibility index (Phi) is 1.50. The van der Waals surface area contributed by atoms with Crippen LogP contribution in [0.4, 0.5) is 0 Å². The summed E-state index contributed by atoms with van der Waals surface area (Å²) >= 11 is 0. The van der Waals surface area contributed by atoms with Crippen LogP contribution >= 0.6 is 0 Å². The summed E-state index contributed by atoms with van der Waals surface area (Å²) in [6.07, 6.45) is -0.153. The number of carboxylic acid groups (broad SMARTS) is 1. The first kappa shape index (κ1) is 6.16. The van der Waals surface area contributed by atoms with Crippen molar-refractivity contribution in [2.45, 2.75) is 25.8 Å². The van der Waals surface area contributed by atoms with Gasteiger partial charge in [0.15, 0.2) is 0 Å². The normalized spacial score (nSPS) is 24.8. The Hall–Kier alpha value is -1.39. The molecule has 0 bridgehead atoms. The molecule has 66 valence electrons. The van der Waals surface area contributed by atoms with Crippen molar-refractivity contribution in [3.05, 3.63) is 0 Å². The summed E-state index contributed by atoms with van der Waals surface area (Å²) in [6.45, 7) is -0.861. The maximum atomic E-state index is 11.1. The van der Waals surface area contributed by atoms with E-state index in [0.717, 1.165) is 0 Å². The average molecular weight is 175 g/mol. The summed E-state index contributed by atoms with van der Waals surface area (Å²) in [5.41, 5.74) is 0. The monoisotopic (exact) mass is 175 g/mol. The summed E-state index contributed by atoms with van der Waals surface area (Å²) in [5.74, 6) is -3.05. The van der Waals surface area contributed by atoms with Gasteiger partial charge >= 0.3 is 5.97 Å². The highest BCUT2D eigenvalue weighted by atomic mass is 16.4. The average Bonchev–Trinajstić information content (AvgIpc) is 2.45. The number of likely N-dealkylation sites (tertiary alicyclic amines) is 1. The van der Waals surface area contributed by atoms with Crippen LogP contribution in [0.3, 0.4) is 0 Å². The van der Waals surface area contributed by atoms with E-state index in [1.807, 2.05) is 0 Å². The van der Waals surface area contributed by atoms with E-state index in [-0.39, 0.29) is 12.8 Å². The number of carbonyl (C=O) groups excluding carboxylic acids is 2. The lowest BCUT2D eigenvalue weighted by Gasteiger charge is -2.17. The van der Waals surface area contributed by atoms with Gasteiger partial charge in [0.1, 0.15) is 6.02 Å². The minimum absolute atomic E-state index is 0.0766. The van der Waals surface area contributed by atoms with Crippen LogP contribution in [0, 0.1) is 0 Å². The van der Waals surface area contributed by atoms with Gasteiger partial charge in [-0.1, -0.05) is 0 Å². The minimum atomic E-state index is -2.47. The van der Waals surface area contributed by atoms with Gasteiger partial charge in [-0.25, -0.2) is 4.79 Å². The fourth-order valence-electron chi connectivity index (χ4n) is 0.973. The summed E-state index contributed by atoms with van der Waals surface area (Å²) in [5, 5.41) is 8.67. The quantitative estimate of drug-likeness (QED) is 0.580. The van der Waals surface area contributed by atoms with Crippen molar-refractivity contribution in [3.8, 4) is 0 Å². The summed E-state index contributed by atoms with van der Waals surface area (Å²) in [4.78, 5) is 33.3. The van der Waals surface area contributed by atoms with Gasteiger partial charge in [0.2, 0.25) is 11.8 Å². The Bertz CT molecular complexity index is 290. The molecule has 1 heterocycles. The molecule has 12 heavy (non-hydrogen) atoms. The lowest BCUT2D eigenvalue weighted by molar-refractivity contribution is -0.153. The molecular weight excluding hydrogens is 162 g/mol.